The maximum absolute atomic E-state index is 13.2. The molecule has 1 aromatic carbocycles. The van der Waals surface area contributed by atoms with Gasteiger partial charge in [-0.1, -0.05) is 6.92 Å². The van der Waals surface area contributed by atoms with E-state index in [1.165, 1.54) is 12.1 Å². The van der Waals surface area contributed by atoms with Crippen molar-refractivity contribution in [3.8, 4) is 11.3 Å². The highest BCUT2D eigenvalue weighted by Gasteiger charge is 2.19. The molecule has 0 saturated heterocycles. The number of nitrogens with one attached hydrogen (secondary N) is 1. The van der Waals surface area contributed by atoms with Crippen LogP contribution in [0.5, 0.6) is 0 Å². The van der Waals surface area contributed by atoms with Gasteiger partial charge in [0.15, 0.2) is 0 Å². The van der Waals surface area contributed by atoms with Gasteiger partial charge < -0.3 is 5.11 Å². The minimum atomic E-state index is -0.263. The predicted octanol–water partition coefficient (Wildman–Crippen LogP) is 3.38. The SMILES string of the molecule is CCC(CO)N(Cc1ccncc1)Cc1cn[nH]c1-c1ccc(F)cc1. The fraction of sp³-hybridized carbons (Fsp3) is 0.300. The standard InChI is InChI=1S/C20H23FN4O/c1-2-19(14-26)25(12-15-7-9-22-10-8-15)13-17-11-23-24-20(17)16-3-5-18(21)6-4-16/h3-11,19,26H,2,12-14H2,1H3,(H,23,24). The third kappa shape index (κ3) is 4.33. The Hall–Kier alpha value is -2.57. The zero-order valence-corrected chi connectivity index (χ0v) is 14.8. The summed E-state index contributed by atoms with van der Waals surface area (Å²) in [5.41, 5.74) is 3.91. The van der Waals surface area contributed by atoms with Gasteiger partial charge in [-0.15, -0.1) is 0 Å². The molecular weight excluding hydrogens is 331 g/mol. The number of pyridine rings is 1. The Kier molecular flexibility index (Phi) is 6.09. The number of hydrogen-bond acceptors (Lipinski definition) is 4. The predicted molar refractivity (Wildman–Crippen MR) is 98.6 cm³/mol. The molecule has 0 radical (unpaired) electrons. The average molecular weight is 354 g/mol. The molecule has 0 fully saturated rings. The molecule has 1 atom stereocenters. The van der Waals surface area contributed by atoms with Gasteiger partial charge in [0.2, 0.25) is 0 Å². The highest BCUT2D eigenvalue weighted by atomic mass is 19.1. The topological polar surface area (TPSA) is 65.0 Å². The summed E-state index contributed by atoms with van der Waals surface area (Å²) in [5, 5.41) is 17.0. The number of benzene rings is 1. The normalized spacial score (nSPS) is 12.5. The monoisotopic (exact) mass is 354 g/mol. The zero-order valence-electron chi connectivity index (χ0n) is 14.8. The second-order valence-electron chi connectivity index (χ2n) is 6.28. The van der Waals surface area contributed by atoms with E-state index in [0.29, 0.717) is 13.1 Å². The van der Waals surface area contributed by atoms with E-state index in [9.17, 15) is 9.50 Å². The second kappa shape index (κ2) is 8.69. The summed E-state index contributed by atoms with van der Waals surface area (Å²) in [6.45, 7) is 3.49. The fourth-order valence-electron chi connectivity index (χ4n) is 3.06. The molecule has 0 aliphatic rings. The summed E-state index contributed by atoms with van der Waals surface area (Å²) in [6.07, 6.45) is 6.18. The Morgan fingerprint density at radius 2 is 1.85 bits per heavy atom. The first kappa shape index (κ1) is 18.2. The lowest BCUT2D eigenvalue weighted by Crippen LogP contribution is -2.36. The lowest BCUT2D eigenvalue weighted by Gasteiger charge is -2.30. The van der Waals surface area contributed by atoms with E-state index in [2.05, 4.69) is 27.0 Å². The summed E-state index contributed by atoms with van der Waals surface area (Å²) in [4.78, 5) is 6.29. The first-order chi connectivity index (χ1) is 12.7. The number of rotatable bonds is 8. The molecule has 2 N–H and O–H groups in total. The smallest absolute Gasteiger partial charge is 0.123 e. The molecule has 6 heteroatoms. The van der Waals surface area contributed by atoms with Crippen molar-refractivity contribution in [1.82, 2.24) is 20.1 Å². The quantitative estimate of drug-likeness (QED) is 0.651. The molecule has 0 saturated carbocycles. The molecule has 0 spiro atoms. The van der Waals surface area contributed by atoms with Crippen molar-refractivity contribution >= 4 is 0 Å². The van der Waals surface area contributed by atoms with Crippen molar-refractivity contribution < 1.29 is 9.50 Å². The van der Waals surface area contributed by atoms with Gasteiger partial charge in [-0.3, -0.25) is 15.0 Å². The maximum atomic E-state index is 13.2. The largest absolute Gasteiger partial charge is 0.395 e. The van der Waals surface area contributed by atoms with Crippen LogP contribution in [0.15, 0.2) is 55.0 Å². The van der Waals surface area contributed by atoms with Crippen molar-refractivity contribution in [3.63, 3.8) is 0 Å². The Morgan fingerprint density at radius 1 is 1.12 bits per heavy atom. The van der Waals surface area contributed by atoms with Gasteiger partial charge in [0.1, 0.15) is 5.82 Å². The van der Waals surface area contributed by atoms with E-state index < -0.39 is 0 Å². The first-order valence-corrected chi connectivity index (χ1v) is 8.73. The van der Waals surface area contributed by atoms with Gasteiger partial charge in [0.25, 0.3) is 0 Å². The molecule has 2 aromatic heterocycles. The van der Waals surface area contributed by atoms with Crippen molar-refractivity contribution in [1.29, 1.82) is 0 Å². The third-order valence-corrected chi connectivity index (χ3v) is 4.56. The number of aliphatic hydroxyl groups is 1. The lowest BCUT2D eigenvalue weighted by atomic mass is 10.1. The molecule has 2 heterocycles. The van der Waals surface area contributed by atoms with Gasteiger partial charge in [0.05, 0.1) is 18.5 Å². The molecule has 3 aromatic rings. The fourth-order valence-corrected chi connectivity index (χ4v) is 3.06. The summed E-state index contributed by atoms with van der Waals surface area (Å²) < 4.78 is 13.2. The molecule has 0 amide bonds. The van der Waals surface area contributed by atoms with Crippen molar-refractivity contribution in [2.75, 3.05) is 6.61 Å². The van der Waals surface area contributed by atoms with Crippen LogP contribution >= 0.6 is 0 Å². The van der Waals surface area contributed by atoms with E-state index >= 15 is 0 Å². The minimum Gasteiger partial charge on any atom is -0.395 e. The Morgan fingerprint density at radius 3 is 2.50 bits per heavy atom. The molecule has 0 bridgehead atoms. The summed E-state index contributed by atoms with van der Waals surface area (Å²) >= 11 is 0. The molecule has 0 aliphatic heterocycles. The van der Waals surface area contributed by atoms with E-state index in [4.69, 9.17) is 0 Å². The van der Waals surface area contributed by atoms with Crippen molar-refractivity contribution in [3.05, 3.63) is 71.9 Å². The number of hydrogen-bond donors (Lipinski definition) is 2. The van der Waals surface area contributed by atoms with E-state index in [1.807, 2.05) is 12.1 Å². The van der Waals surface area contributed by atoms with E-state index in [1.54, 1.807) is 30.7 Å². The molecule has 26 heavy (non-hydrogen) atoms. The van der Waals surface area contributed by atoms with Gasteiger partial charge in [-0.25, -0.2) is 4.39 Å². The van der Waals surface area contributed by atoms with Crippen LogP contribution < -0.4 is 0 Å². The van der Waals surface area contributed by atoms with Crippen LogP contribution in [0, 0.1) is 5.82 Å². The Labute approximate surface area is 152 Å². The summed E-state index contributed by atoms with van der Waals surface area (Å²) in [6, 6.07) is 10.4. The van der Waals surface area contributed by atoms with Crippen LogP contribution in [-0.2, 0) is 13.1 Å². The number of aromatic nitrogens is 3. The first-order valence-electron chi connectivity index (χ1n) is 8.73. The Balaban J connectivity index is 1.85. The summed E-state index contributed by atoms with van der Waals surface area (Å²) in [5.74, 6) is -0.263. The molecular formula is C20H23FN4O. The number of halogens is 1. The van der Waals surface area contributed by atoms with E-state index in [0.717, 1.165) is 28.8 Å². The highest BCUT2D eigenvalue weighted by molar-refractivity contribution is 5.62. The molecule has 5 nitrogen and oxygen atoms in total. The van der Waals surface area contributed by atoms with Crippen LogP contribution in [-0.4, -0.2) is 37.8 Å². The summed E-state index contributed by atoms with van der Waals surface area (Å²) in [7, 11) is 0. The van der Waals surface area contributed by atoms with Crippen LogP contribution in [0.2, 0.25) is 0 Å². The van der Waals surface area contributed by atoms with Crippen LogP contribution in [0.25, 0.3) is 11.3 Å². The zero-order chi connectivity index (χ0) is 18.4. The van der Waals surface area contributed by atoms with Gasteiger partial charge in [0, 0.05) is 42.7 Å². The maximum Gasteiger partial charge on any atom is 0.123 e. The third-order valence-electron chi connectivity index (χ3n) is 4.56. The molecule has 136 valence electrons. The number of aromatic amines is 1. The van der Waals surface area contributed by atoms with Crippen molar-refractivity contribution in [2.24, 2.45) is 0 Å². The number of nitrogens with zero attached hydrogens (tertiary/aromatic N) is 3. The van der Waals surface area contributed by atoms with Crippen LogP contribution in [0.3, 0.4) is 0 Å². The molecule has 1 unspecified atom stereocenters. The average Bonchev–Trinajstić information content (AvgIpc) is 3.12. The van der Waals surface area contributed by atoms with E-state index in [-0.39, 0.29) is 18.5 Å². The van der Waals surface area contributed by atoms with Gasteiger partial charge in [-0.05, 0) is 48.4 Å². The van der Waals surface area contributed by atoms with Crippen LogP contribution in [0.4, 0.5) is 4.39 Å². The Bertz CT molecular complexity index is 800. The van der Waals surface area contributed by atoms with Gasteiger partial charge >= 0.3 is 0 Å². The molecule has 0 aliphatic carbocycles. The highest BCUT2D eigenvalue weighted by Crippen LogP contribution is 2.24. The minimum absolute atomic E-state index is 0.0409. The second-order valence-corrected chi connectivity index (χ2v) is 6.28. The van der Waals surface area contributed by atoms with Crippen molar-refractivity contribution in [2.45, 2.75) is 32.5 Å². The van der Waals surface area contributed by atoms with Gasteiger partial charge in [-0.2, -0.15) is 5.10 Å². The lowest BCUT2D eigenvalue weighted by molar-refractivity contribution is 0.107. The number of aliphatic hydroxyl groups excluding tert-OH is 1. The van der Waals surface area contributed by atoms with Crippen LogP contribution in [0.1, 0.15) is 24.5 Å². The number of H-pyrrole nitrogens is 1. The molecule has 3 rings (SSSR count).